The molecule has 202 valence electrons. The molecule has 0 unspecified atom stereocenters. The predicted molar refractivity (Wildman–Crippen MR) is 176 cm³/mol. The van der Waals surface area contributed by atoms with E-state index in [-0.39, 0.29) is 0 Å². The van der Waals surface area contributed by atoms with Gasteiger partial charge in [0.05, 0.1) is 11.5 Å². The van der Waals surface area contributed by atoms with Gasteiger partial charge in [0.15, 0.2) is 5.70 Å². The molecule has 4 aromatic carbocycles. The Morgan fingerprint density at radius 2 is 1.27 bits per heavy atom. The summed E-state index contributed by atoms with van der Waals surface area (Å²) in [6.07, 6.45) is 2.24. The number of benzene rings is 4. The third-order valence-corrected chi connectivity index (χ3v) is 9.89. The minimum absolute atomic E-state index is 0.807. The standard InChI is InChI=1S/C34H27BBr2N2O2/c1-18-14-20(3)38-33(18)22(5)34-19(2)15-21(4)39(34)35(38)40-29-12-6-23-16-25(36)8-10-27(23)31(29)32-28-11-9-26(37)17-24(28)7-13-30(32)41-35/h6-17H,1-5H3. The zero-order valence-corrected chi connectivity index (χ0v) is 26.6. The topological polar surface area (TPSA) is 26.4 Å². The van der Waals surface area contributed by atoms with Gasteiger partial charge in [-0.15, -0.1) is 0 Å². The zero-order valence-electron chi connectivity index (χ0n) is 23.5. The van der Waals surface area contributed by atoms with Gasteiger partial charge in [-0.05, 0) is 103 Å². The third kappa shape index (κ3) is 3.30. The second-order valence-corrected chi connectivity index (χ2v) is 13.3. The lowest BCUT2D eigenvalue weighted by Crippen LogP contribution is -2.67. The van der Waals surface area contributed by atoms with Crippen molar-refractivity contribution in [3.05, 3.63) is 110 Å². The van der Waals surface area contributed by atoms with Gasteiger partial charge in [0, 0.05) is 49.9 Å². The Morgan fingerprint density at radius 1 is 0.707 bits per heavy atom. The van der Waals surface area contributed by atoms with Crippen molar-refractivity contribution in [3.8, 4) is 22.6 Å². The van der Waals surface area contributed by atoms with Gasteiger partial charge in [-0.1, -0.05) is 56.1 Å². The molecule has 0 radical (unpaired) electrons. The van der Waals surface area contributed by atoms with E-state index in [1.54, 1.807) is 0 Å². The highest BCUT2D eigenvalue weighted by molar-refractivity contribution is 9.10. The highest BCUT2D eigenvalue weighted by Crippen LogP contribution is 2.51. The summed E-state index contributed by atoms with van der Waals surface area (Å²) >= 11 is 7.35. The zero-order chi connectivity index (χ0) is 28.4. The molecular weight excluding hydrogens is 639 g/mol. The average molecular weight is 666 g/mol. The maximum Gasteiger partial charge on any atom is 0.780 e. The first-order valence-electron chi connectivity index (χ1n) is 13.9. The van der Waals surface area contributed by atoms with Crippen molar-refractivity contribution in [1.29, 1.82) is 0 Å². The average Bonchev–Trinajstić information content (AvgIpc) is 3.36. The summed E-state index contributed by atoms with van der Waals surface area (Å²) in [5.41, 5.74) is 10.3. The van der Waals surface area contributed by atoms with E-state index in [4.69, 9.17) is 9.31 Å². The van der Waals surface area contributed by atoms with Crippen LogP contribution < -0.4 is 9.31 Å². The van der Waals surface area contributed by atoms with Crippen LogP contribution in [0.5, 0.6) is 11.5 Å². The van der Waals surface area contributed by atoms with E-state index < -0.39 is 6.82 Å². The number of halogens is 2. The lowest BCUT2D eigenvalue weighted by atomic mass is 9.79. The number of aromatic nitrogens is 1. The van der Waals surface area contributed by atoms with Gasteiger partial charge in [0.25, 0.3) is 0 Å². The molecule has 4 nitrogen and oxygen atoms in total. The first kappa shape index (κ1) is 25.2. The summed E-state index contributed by atoms with van der Waals surface area (Å²) in [4.78, 5) is 0. The van der Waals surface area contributed by atoms with Crippen molar-refractivity contribution in [2.24, 2.45) is 0 Å². The highest BCUT2D eigenvalue weighted by Gasteiger charge is 2.60. The number of rotatable bonds is 0. The number of allylic oxidation sites excluding steroid dienone is 3. The largest absolute Gasteiger partial charge is 0.780 e. The van der Waals surface area contributed by atoms with Gasteiger partial charge in [-0.3, -0.25) is 0 Å². The Morgan fingerprint density at radius 3 is 1.83 bits per heavy atom. The van der Waals surface area contributed by atoms with Crippen molar-refractivity contribution in [3.63, 3.8) is 0 Å². The molecule has 8 rings (SSSR count). The van der Waals surface area contributed by atoms with E-state index in [2.05, 4.69) is 148 Å². The van der Waals surface area contributed by atoms with E-state index in [0.29, 0.717) is 0 Å². The van der Waals surface area contributed by atoms with Crippen molar-refractivity contribution in [1.82, 2.24) is 4.48 Å². The monoisotopic (exact) mass is 664 g/mol. The lowest BCUT2D eigenvalue weighted by molar-refractivity contribution is -0.372. The van der Waals surface area contributed by atoms with Crippen LogP contribution in [0.25, 0.3) is 38.2 Å². The van der Waals surface area contributed by atoms with E-state index in [1.807, 2.05) is 0 Å². The van der Waals surface area contributed by atoms with Gasteiger partial charge < -0.3 is 18.3 Å². The second kappa shape index (κ2) is 8.49. The van der Waals surface area contributed by atoms with Crippen molar-refractivity contribution < 1.29 is 13.8 Å². The second-order valence-electron chi connectivity index (χ2n) is 11.5. The van der Waals surface area contributed by atoms with E-state index in [9.17, 15) is 0 Å². The number of hydrogen-bond acceptors (Lipinski definition) is 2. The Kier molecular flexibility index (Phi) is 5.22. The molecule has 0 amide bonds. The Bertz CT molecular complexity index is 2040. The molecule has 0 saturated heterocycles. The first-order chi connectivity index (χ1) is 19.7. The summed E-state index contributed by atoms with van der Waals surface area (Å²) in [6.45, 7) is 8.62. The molecule has 0 fully saturated rings. The number of aryl methyl sites for hydroxylation is 2. The molecule has 0 N–H and O–H groups in total. The molecule has 5 aromatic rings. The number of nitrogens with zero attached hydrogens (tertiary/aromatic N) is 2. The van der Waals surface area contributed by atoms with Crippen LogP contribution in [0.1, 0.15) is 37.7 Å². The molecule has 4 heterocycles. The van der Waals surface area contributed by atoms with Gasteiger partial charge in [-0.2, -0.15) is 0 Å². The molecule has 3 aliphatic rings. The summed E-state index contributed by atoms with van der Waals surface area (Å²) in [6, 6.07) is 23.7. The van der Waals surface area contributed by atoms with Gasteiger partial charge in [0.2, 0.25) is 0 Å². The fourth-order valence-corrected chi connectivity index (χ4v) is 8.25. The molecule has 3 aliphatic heterocycles. The van der Waals surface area contributed by atoms with Crippen LogP contribution in [0.15, 0.2) is 93.0 Å². The van der Waals surface area contributed by atoms with Crippen LogP contribution >= 0.6 is 31.9 Å². The summed E-state index contributed by atoms with van der Waals surface area (Å²) in [5.74, 6) is 1.61. The maximum atomic E-state index is 7.40. The lowest BCUT2D eigenvalue weighted by Gasteiger charge is -2.42. The highest BCUT2D eigenvalue weighted by atomic mass is 79.9. The van der Waals surface area contributed by atoms with Crippen molar-refractivity contribution >= 4 is 71.5 Å². The van der Waals surface area contributed by atoms with Crippen LogP contribution in [-0.2, 0) is 0 Å². The summed E-state index contributed by atoms with van der Waals surface area (Å²) < 4.78 is 21.5. The summed E-state index contributed by atoms with van der Waals surface area (Å²) in [5, 5.41) is 4.53. The molecule has 1 aromatic heterocycles. The minimum atomic E-state index is -2.27. The molecule has 0 atom stereocenters. The molecule has 1 spiro atoms. The normalized spacial score (nSPS) is 16.7. The SMILES string of the molecule is CC1=CC(C)=[N+]2C1=C(C)c1c(C)cc(C)n1[B-]21Oc2ccc3cc(Br)ccc3c2-c2c(ccc3cc(Br)ccc23)O1. The molecular formula is C34H27BBr2N2O2. The fraction of sp³-hybridized carbons (Fsp3) is 0.147. The Balaban J connectivity index is 1.55. The smallest absolute Gasteiger partial charge is 0.601 e. The Labute approximate surface area is 255 Å². The quantitative estimate of drug-likeness (QED) is 0.154. The van der Waals surface area contributed by atoms with Crippen LogP contribution in [-0.4, -0.2) is 21.5 Å². The molecule has 0 aliphatic carbocycles. The first-order valence-corrected chi connectivity index (χ1v) is 15.5. The van der Waals surface area contributed by atoms with E-state index >= 15 is 0 Å². The predicted octanol–water partition coefficient (Wildman–Crippen LogP) is 9.54. The molecule has 7 heteroatoms. The summed E-state index contributed by atoms with van der Waals surface area (Å²) in [7, 11) is 0. The molecule has 0 bridgehead atoms. The maximum absolute atomic E-state index is 7.40. The van der Waals surface area contributed by atoms with Gasteiger partial charge in [0.1, 0.15) is 5.71 Å². The van der Waals surface area contributed by atoms with Crippen molar-refractivity contribution in [2.45, 2.75) is 34.6 Å². The number of fused-ring (bicyclic) bond motifs is 11. The third-order valence-electron chi connectivity index (χ3n) is 8.90. The van der Waals surface area contributed by atoms with Crippen molar-refractivity contribution in [2.75, 3.05) is 0 Å². The minimum Gasteiger partial charge on any atom is -0.601 e. The molecule has 41 heavy (non-hydrogen) atoms. The van der Waals surface area contributed by atoms with Crippen LogP contribution in [0.4, 0.5) is 0 Å². The van der Waals surface area contributed by atoms with Crippen LogP contribution in [0.2, 0.25) is 0 Å². The van der Waals surface area contributed by atoms with Crippen LogP contribution in [0, 0.1) is 13.8 Å². The molecule has 0 saturated carbocycles. The van der Waals surface area contributed by atoms with Gasteiger partial charge >= 0.3 is 6.82 Å². The van der Waals surface area contributed by atoms with Crippen LogP contribution in [0.3, 0.4) is 0 Å². The van der Waals surface area contributed by atoms with Gasteiger partial charge in [-0.25, -0.2) is 0 Å². The Hall–Kier alpha value is -3.55. The van der Waals surface area contributed by atoms with E-state index in [1.165, 1.54) is 16.7 Å². The number of hydrogen-bond donors (Lipinski definition) is 0. The fourth-order valence-electron chi connectivity index (χ4n) is 7.50. The van der Waals surface area contributed by atoms with E-state index in [0.717, 1.165) is 75.9 Å².